The number of rotatable bonds is 4. The Balaban J connectivity index is 2.01. The number of nitrogens with zero attached hydrogens (tertiary/aromatic N) is 3. The molecule has 0 spiro atoms. The first-order valence-corrected chi connectivity index (χ1v) is 9.01. The van der Waals surface area contributed by atoms with E-state index in [2.05, 4.69) is 0 Å². The van der Waals surface area contributed by atoms with Crippen molar-refractivity contribution in [2.75, 3.05) is 14.1 Å². The molecule has 7 nitrogen and oxygen atoms in total. The molecule has 0 aromatic heterocycles. The van der Waals surface area contributed by atoms with Crippen LogP contribution in [0.2, 0.25) is 0 Å². The molecule has 1 saturated heterocycles. The molecule has 0 N–H and O–H groups in total. The first kappa shape index (κ1) is 21.1. The molecular formula is C21H19F2N3O4. The van der Waals surface area contributed by atoms with Gasteiger partial charge in [-0.2, -0.15) is 0 Å². The van der Waals surface area contributed by atoms with E-state index in [0.29, 0.717) is 0 Å². The van der Waals surface area contributed by atoms with Gasteiger partial charge < -0.3 is 9.80 Å². The fourth-order valence-corrected chi connectivity index (χ4v) is 3.54. The van der Waals surface area contributed by atoms with Gasteiger partial charge in [-0.3, -0.25) is 19.7 Å². The fraction of sp³-hybridized carbons (Fsp3) is 0.238. The zero-order chi connectivity index (χ0) is 22.2. The second-order valence-electron chi connectivity index (χ2n) is 7.30. The lowest BCUT2D eigenvalue weighted by molar-refractivity contribution is -0.385. The second-order valence-corrected chi connectivity index (χ2v) is 7.30. The molecule has 0 saturated carbocycles. The average Bonchev–Trinajstić information content (AvgIpc) is 2.68. The van der Waals surface area contributed by atoms with Crippen molar-refractivity contribution in [3.05, 3.63) is 81.0 Å². The molecule has 9 heteroatoms. The van der Waals surface area contributed by atoms with Gasteiger partial charge in [0.25, 0.3) is 17.5 Å². The van der Waals surface area contributed by atoms with Gasteiger partial charge in [0.15, 0.2) is 0 Å². The number of nitro benzene ring substituents is 1. The highest BCUT2D eigenvalue weighted by atomic mass is 19.1. The molecule has 2 amide bonds. The largest absolute Gasteiger partial charge is 0.326 e. The number of halogens is 2. The van der Waals surface area contributed by atoms with Gasteiger partial charge in [-0.1, -0.05) is 12.1 Å². The molecule has 30 heavy (non-hydrogen) atoms. The Labute approximate surface area is 171 Å². The van der Waals surface area contributed by atoms with E-state index in [-0.39, 0.29) is 28.9 Å². The lowest BCUT2D eigenvalue weighted by atomic mass is 9.87. The second kappa shape index (κ2) is 7.66. The van der Waals surface area contributed by atoms with Crippen LogP contribution in [-0.4, -0.2) is 46.2 Å². The van der Waals surface area contributed by atoms with Crippen LogP contribution in [0.3, 0.4) is 0 Å². The SMILES string of the molecule is CN1C(=O)C(C)(Cc2cc(F)cc(F)c2)N(C)C(=O)/C1=C\c1ccccc1[N+](=O)[O-]. The van der Waals surface area contributed by atoms with E-state index in [1.54, 1.807) is 6.07 Å². The van der Waals surface area contributed by atoms with Crippen LogP contribution in [0.25, 0.3) is 6.08 Å². The summed E-state index contributed by atoms with van der Waals surface area (Å²) in [5.41, 5.74) is -1.24. The summed E-state index contributed by atoms with van der Waals surface area (Å²) in [6.45, 7) is 1.51. The monoisotopic (exact) mass is 415 g/mol. The lowest BCUT2D eigenvalue weighted by Crippen LogP contribution is -2.64. The number of nitro groups is 1. The van der Waals surface area contributed by atoms with E-state index in [4.69, 9.17) is 0 Å². The molecule has 1 aliphatic heterocycles. The topological polar surface area (TPSA) is 83.8 Å². The Morgan fingerprint density at radius 1 is 1.10 bits per heavy atom. The Bertz CT molecular complexity index is 1070. The van der Waals surface area contributed by atoms with Crippen LogP contribution in [0.5, 0.6) is 0 Å². The van der Waals surface area contributed by atoms with E-state index >= 15 is 0 Å². The van der Waals surface area contributed by atoms with Gasteiger partial charge in [0, 0.05) is 32.6 Å². The van der Waals surface area contributed by atoms with Gasteiger partial charge in [0.1, 0.15) is 22.9 Å². The zero-order valence-electron chi connectivity index (χ0n) is 16.6. The van der Waals surface area contributed by atoms with Crippen LogP contribution in [0.1, 0.15) is 18.1 Å². The molecule has 1 heterocycles. The number of hydrogen-bond donors (Lipinski definition) is 0. The smallest absolute Gasteiger partial charge is 0.276 e. The third kappa shape index (κ3) is 3.66. The average molecular weight is 415 g/mol. The number of hydrogen-bond acceptors (Lipinski definition) is 4. The van der Waals surface area contributed by atoms with Crippen LogP contribution in [0.4, 0.5) is 14.5 Å². The predicted octanol–water partition coefficient (Wildman–Crippen LogP) is 3.15. The van der Waals surface area contributed by atoms with Gasteiger partial charge >= 0.3 is 0 Å². The third-order valence-corrected chi connectivity index (χ3v) is 5.29. The van der Waals surface area contributed by atoms with Gasteiger partial charge in [0.05, 0.1) is 10.5 Å². The first-order valence-electron chi connectivity index (χ1n) is 9.01. The van der Waals surface area contributed by atoms with Crippen molar-refractivity contribution in [1.29, 1.82) is 0 Å². The first-order chi connectivity index (χ1) is 14.0. The summed E-state index contributed by atoms with van der Waals surface area (Å²) >= 11 is 0. The summed E-state index contributed by atoms with van der Waals surface area (Å²) in [4.78, 5) is 39.2. The van der Waals surface area contributed by atoms with Crippen LogP contribution in [-0.2, 0) is 16.0 Å². The minimum absolute atomic E-state index is 0.0419. The van der Waals surface area contributed by atoms with Crippen molar-refractivity contribution in [3.63, 3.8) is 0 Å². The number of benzene rings is 2. The summed E-state index contributed by atoms with van der Waals surface area (Å²) in [7, 11) is 2.80. The molecule has 1 fully saturated rings. The summed E-state index contributed by atoms with van der Waals surface area (Å²) in [5, 5.41) is 11.3. The number of likely N-dealkylation sites (N-methyl/N-ethyl adjacent to an activating group) is 2. The van der Waals surface area contributed by atoms with Gasteiger partial charge in [0.2, 0.25) is 0 Å². The molecule has 2 aromatic rings. The standard InChI is InChI=1S/C21H19F2N3O4/c1-21(12-13-8-15(22)11-16(23)9-13)20(28)24(2)18(19(27)25(21)3)10-14-6-4-5-7-17(14)26(29)30/h4-11H,12H2,1-3H3/b18-10+. The van der Waals surface area contributed by atoms with E-state index < -0.39 is 33.9 Å². The molecule has 2 aromatic carbocycles. The van der Waals surface area contributed by atoms with Crippen LogP contribution in [0, 0.1) is 21.7 Å². The molecule has 156 valence electrons. The number of para-hydroxylation sites is 1. The maximum Gasteiger partial charge on any atom is 0.276 e. The molecular weight excluding hydrogens is 396 g/mol. The fourth-order valence-electron chi connectivity index (χ4n) is 3.54. The molecule has 0 aliphatic carbocycles. The maximum atomic E-state index is 13.6. The van der Waals surface area contributed by atoms with Crippen LogP contribution in [0.15, 0.2) is 48.2 Å². The van der Waals surface area contributed by atoms with Gasteiger partial charge in [-0.25, -0.2) is 8.78 Å². The van der Waals surface area contributed by atoms with Gasteiger partial charge in [-0.15, -0.1) is 0 Å². The Morgan fingerprint density at radius 2 is 1.70 bits per heavy atom. The molecule has 1 unspecified atom stereocenters. The highest BCUT2D eigenvalue weighted by molar-refractivity contribution is 6.09. The minimum Gasteiger partial charge on any atom is -0.326 e. The van der Waals surface area contributed by atoms with Crippen molar-refractivity contribution >= 4 is 23.6 Å². The highest BCUT2D eigenvalue weighted by Crippen LogP contribution is 2.32. The normalized spacial score (nSPS) is 20.8. The molecule has 0 radical (unpaired) electrons. The zero-order valence-corrected chi connectivity index (χ0v) is 16.6. The van der Waals surface area contributed by atoms with E-state index in [1.807, 2.05) is 0 Å². The predicted molar refractivity (Wildman–Crippen MR) is 105 cm³/mol. The Hall–Kier alpha value is -3.62. The maximum absolute atomic E-state index is 13.6. The number of carbonyl (C=O) groups is 2. The Morgan fingerprint density at radius 3 is 2.30 bits per heavy atom. The molecule has 0 bridgehead atoms. The number of piperazine rings is 1. The summed E-state index contributed by atoms with van der Waals surface area (Å²) < 4.78 is 27.2. The number of carbonyl (C=O) groups excluding carboxylic acids is 2. The minimum atomic E-state index is -1.40. The highest BCUT2D eigenvalue weighted by Gasteiger charge is 2.48. The third-order valence-electron chi connectivity index (χ3n) is 5.29. The van der Waals surface area contributed by atoms with Crippen molar-refractivity contribution in [2.45, 2.75) is 18.9 Å². The number of amides is 2. The van der Waals surface area contributed by atoms with Crippen molar-refractivity contribution in [2.24, 2.45) is 0 Å². The van der Waals surface area contributed by atoms with E-state index in [9.17, 15) is 28.5 Å². The Kier molecular flexibility index (Phi) is 5.39. The van der Waals surface area contributed by atoms with Crippen molar-refractivity contribution in [1.82, 2.24) is 9.80 Å². The van der Waals surface area contributed by atoms with Gasteiger partial charge in [-0.05, 0) is 36.8 Å². The summed E-state index contributed by atoms with van der Waals surface area (Å²) in [6, 6.07) is 8.80. The quantitative estimate of drug-likeness (QED) is 0.436. The lowest BCUT2D eigenvalue weighted by Gasteiger charge is -2.45. The van der Waals surface area contributed by atoms with Crippen molar-refractivity contribution < 1.29 is 23.3 Å². The van der Waals surface area contributed by atoms with E-state index in [1.165, 1.54) is 50.2 Å². The summed E-state index contributed by atoms with van der Waals surface area (Å²) in [6.07, 6.45) is 1.18. The molecule has 1 aliphatic rings. The molecule has 3 rings (SSSR count). The van der Waals surface area contributed by atoms with Crippen LogP contribution >= 0.6 is 0 Å². The summed E-state index contributed by atoms with van der Waals surface area (Å²) in [5.74, 6) is -2.60. The van der Waals surface area contributed by atoms with Crippen LogP contribution < -0.4 is 0 Å². The molecule has 1 atom stereocenters. The van der Waals surface area contributed by atoms with E-state index in [0.717, 1.165) is 23.1 Å². The van der Waals surface area contributed by atoms with Crippen molar-refractivity contribution in [3.8, 4) is 0 Å².